The monoisotopic (exact) mass is 305 g/mol. The number of nitrogens with two attached hydrogens (primary N) is 2. The molecule has 0 aromatic carbocycles. The van der Waals surface area contributed by atoms with Crippen molar-refractivity contribution < 1.29 is 9.59 Å². The van der Waals surface area contributed by atoms with Crippen molar-refractivity contribution in [3.8, 4) is 0 Å². The Morgan fingerprint density at radius 2 is 1.88 bits per heavy atom. The number of rotatable bonds is 6. The summed E-state index contributed by atoms with van der Waals surface area (Å²) >= 11 is 4.87. The lowest BCUT2D eigenvalue weighted by Crippen LogP contribution is -2.38. The summed E-state index contributed by atoms with van der Waals surface area (Å²) in [4.78, 5) is 24.3. The van der Waals surface area contributed by atoms with Crippen molar-refractivity contribution in [2.75, 3.05) is 13.1 Å². The molecular formula is C9H12BrN3O2S. The quantitative estimate of drug-likeness (QED) is 0.791. The molecule has 0 radical (unpaired) electrons. The molecule has 0 atom stereocenters. The number of nitrogens with zero attached hydrogens (tertiary/aromatic N) is 1. The molecule has 88 valence electrons. The zero-order valence-corrected chi connectivity index (χ0v) is 10.9. The molecule has 0 saturated heterocycles. The van der Waals surface area contributed by atoms with Gasteiger partial charge in [-0.25, -0.2) is 0 Å². The predicted octanol–water partition coefficient (Wildman–Crippen LogP) is 0.283. The zero-order valence-electron chi connectivity index (χ0n) is 8.48. The topological polar surface area (TPSA) is 89.4 Å². The third kappa shape index (κ3) is 4.73. The molecular weight excluding hydrogens is 294 g/mol. The minimum absolute atomic E-state index is 0.0262. The first kappa shape index (κ1) is 13.1. The van der Waals surface area contributed by atoms with E-state index >= 15 is 0 Å². The van der Waals surface area contributed by atoms with Crippen molar-refractivity contribution >= 4 is 39.1 Å². The molecule has 7 heteroatoms. The van der Waals surface area contributed by atoms with Gasteiger partial charge in [-0.2, -0.15) is 0 Å². The van der Waals surface area contributed by atoms with Crippen LogP contribution in [0.5, 0.6) is 0 Å². The van der Waals surface area contributed by atoms with Gasteiger partial charge in [-0.15, -0.1) is 11.3 Å². The van der Waals surface area contributed by atoms with Crippen LogP contribution in [-0.4, -0.2) is 29.8 Å². The lowest BCUT2D eigenvalue weighted by atomic mass is 10.4. The number of halogens is 1. The van der Waals surface area contributed by atoms with Crippen LogP contribution in [0.4, 0.5) is 0 Å². The number of carbonyl (C=O) groups is 2. The molecule has 4 N–H and O–H groups in total. The fourth-order valence-electron chi connectivity index (χ4n) is 1.27. The second kappa shape index (κ2) is 5.97. The highest BCUT2D eigenvalue weighted by atomic mass is 79.9. The van der Waals surface area contributed by atoms with Crippen molar-refractivity contribution in [1.82, 2.24) is 4.90 Å². The molecule has 1 aromatic rings. The van der Waals surface area contributed by atoms with E-state index in [4.69, 9.17) is 11.5 Å². The molecule has 0 bridgehead atoms. The summed E-state index contributed by atoms with van der Waals surface area (Å²) in [6.07, 6.45) is 0. The average molecular weight is 306 g/mol. The molecule has 1 heterocycles. The van der Waals surface area contributed by atoms with E-state index < -0.39 is 11.8 Å². The Hall–Kier alpha value is -0.920. The highest BCUT2D eigenvalue weighted by Gasteiger charge is 2.12. The molecule has 1 aromatic heterocycles. The summed E-state index contributed by atoms with van der Waals surface area (Å²) < 4.78 is 0.977. The second-order valence-electron chi connectivity index (χ2n) is 3.31. The van der Waals surface area contributed by atoms with Crippen LogP contribution in [0.3, 0.4) is 0 Å². The van der Waals surface area contributed by atoms with E-state index in [1.54, 1.807) is 4.90 Å². The molecule has 1 rings (SSSR count). The SMILES string of the molecule is NC(=O)CN(CC(N)=O)Cc1cc(Br)cs1. The maximum atomic E-state index is 10.8. The Morgan fingerprint density at radius 3 is 2.25 bits per heavy atom. The van der Waals surface area contributed by atoms with Gasteiger partial charge in [0.05, 0.1) is 13.1 Å². The van der Waals surface area contributed by atoms with E-state index in [9.17, 15) is 9.59 Å². The van der Waals surface area contributed by atoms with Gasteiger partial charge in [0.15, 0.2) is 0 Å². The van der Waals surface area contributed by atoms with Crippen molar-refractivity contribution in [1.29, 1.82) is 0 Å². The maximum Gasteiger partial charge on any atom is 0.231 e. The molecule has 0 fully saturated rings. The van der Waals surface area contributed by atoms with Gasteiger partial charge in [-0.05, 0) is 22.0 Å². The molecule has 0 aliphatic rings. The number of amides is 2. The summed E-state index contributed by atoms with van der Waals surface area (Å²) in [6, 6.07) is 1.93. The van der Waals surface area contributed by atoms with E-state index in [1.165, 1.54) is 11.3 Å². The van der Waals surface area contributed by atoms with Gasteiger partial charge in [0.25, 0.3) is 0 Å². The Labute approximate surface area is 106 Å². The van der Waals surface area contributed by atoms with E-state index in [1.807, 2.05) is 11.4 Å². The summed E-state index contributed by atoms with van der Waals surface area (Å²) in [7, 11) is 0. The number of carbonyl (C=O) groups excluding carboxylic acids is 2. The summed E-state index contributed by atoms with van der Waals surface area (Å²) in [5.74, 6) is -0.950. The molecule has 0 aliphatic carbocycles. The highest BCUT2D eigenvalue weighted by molar-refractivity contribution is 9.10. The molecule has 16 heavy (non-hydrogen) atoms. The van der Waals surface area contributed by atoms with Gasteiger partial charge in [0.2, 0.25) is 11.8 Å². The molecule has 2 amide bonds. The third-order valence-corrected chi connectivity index (χ3v) is 3.44. The van der Waals surface area contributed by atoms with Crippen molar-refractivity contribution in [3.63, 3.8) is 0 Å². The van der Waals surface area contributed by atoms with E-state index in [0.29, 0.717) is 6.54 Å². The van der Waals surface area contributed by atoms with E-state index in [-0.39, 0.29) is 13.1 Å². The summed E-state index contributed by atoms with van der Waals surface area (Å²) in [5, 5.41) is 1.93. The van der Waals surface area contributed by atoms with Gasteiger partial charge in [-0.3, -0.25) is 14.5 Å². The molecule has 0 saturated carbocycles. The van der Waals surface area contributed by atoms with Gasteiger partial charge in [-0.1, -0.05) is 0 Å². The maximum absolute atomic E-state index is 10.8. The van der Waals surface area contributed by atoms with Gasteiger partial charge in [0.1, 0.15) is 0 Å². The Kier molecular flexibility index (Phi) is 4.91. The fraction of sp³-hybridized carbons (Fsp3) is 0.333. The summed E-state index contributed by atoms with van der Waals surface area (Å²) in [5.41, 5.74) is 10.2. The van der Waals surface area contributed by atoms with Crippen LogP contribution < -0.4 is 11.5 Å². The average Bonchev–Trinajstić information content (AvgIpc) is 2.48. The summed E-state index contributed by atoms with van der Waals surface area (Å²) in [6.45, 7) is 0.541. The van der Waals surface area contributed by atoms with Crippen LogP contribution in [0.2, 0.25) is 0 Å². The van der Waals surface area contributed by atoms with E-state index in [2.05, 4.69) is 15.9 Å². The number of primary amides is 2. The molecule has 0 aliphatic heterocycles. The Balaban J connectivity index is 2.62. The zero-order chi connectivity index (χ0) is 12.1. The number of hydrogen-bond acceptors (Lipinski definition) is 4. The first-order valence-electron chi connectivity index (χ1n) is 4.49. The van der Waals surface area contributed by atoms with Gasteiger partial charge < -0.3 is 11.5 Å². The number of hydrogen-bond donors (Lipinski definition) is 2. The van der Waals surface area contributed by atoms with Crippen LogP contribution in [-0.2, 0) is 16.1 Å². The van der Waals surface area contributed by atoms with Gasteiger partial charge in [0, 0.05) is 21.3 Å². The lowest BCUT2D eigenvalue weighted by Gasteiger charge is -2.17. The van der Waals surface area contributed by atoms with Crippen LogP contribution >= 0.6 is 27.3 Å². The van der Waals surface area contributed by atoms with Crippen molar-refractivity contribution in [2.24, 2.45) is 11.5 Å². The minimum atomic E-state index is -0.475. The Morgan fingerprint density at radius 1 is 1.31 bits per heavy atom. The predicted molar refractivity (Wildman–Crippen MR) is 65.7 cm³/mol. The van der Waals surface area contributed by atoms with Crippen LogP contribution in [0.1, 0.15) is 4.88 Å². The smallest absolute Gasteiger partial charge is 0.231 e. The molecule has 5 nitrogen and oxygen atoms in total. The van der Waals surface area contributed by atoms with Crippen molar-refractivity contribution in [2.45, 2.75) is 6.54 Å². The van der Waals surface area contributed by atoms with Gasteiger partial charge >= 0.3 is 0 Å². The van der Waals surface area contributed by atoms with Crippen LogP contribution in [0.25, 0.3) is 0 Å². The molecule has 0 unspecified atom stereocenters. The third-order valence-electron chi connectivity index (χ3n) is 1.76. The minimum Gasteiger partial charge on any atom is -0.369 e. The normalized spacial score (nSPS) is 10.6. The van der Waals surface area contributed by atoms with Crippen LogP contribution in [0.15, 0.2) is 15.9 Å². The fourth-order valence-corrected chi connectivity index (χ4v) is 2.76. The lowest BCUT2D eigenvalue weighted by molar-refractivity contribution is -0.122. The first-order valence-corrected chi connectivity index (χ1v) is 6.16. The standard InChI is InChI=1S/C9H12BrN3O2S/c10-6-1-7(16-5-6)2-13(3-8(11)14)4-9(12)15/h1,5H,2-4H2,(H2,11,14)(H2,12,15). The highest BCUT2D eigenvalue weighted by Crippen LogP contribution is 2.20. The van der Waals surface area contributed by atoms with Crippen LogP contribution in [0, 0.1) is 0 Å². The first-order chi connectivity index (χ1) is 7.47. The molecule has 0 spiro atoms. The second-order valence-corrected chi connectivity index (χ2v) is 5.22. The largest absolute Gasteiger partial charge is 0.369 e. The Bertz CT molecular complexity index is 378. The van der Waals surface area contributed by atoms with Crippen molar-refractivity contribution in [3.05, 3.63) is 20.8 Å². The van der Waals surface area contributed by atoms with E-state index in [0.717, 1.165) is 9.35 Å². The number of thiophene rings is 1.